The van der Waals surface area contributed by atoms with Crippen LogP contribution >= 0.6 is 0 Å². The summed E-state index contributed by atoms with van der Waals surface area (Å²) in [4.78, 5) is 14.1. The van der Waals surface area contributed by atoms with E-state index in [9.17, 15) is 9.18 Å². The number of amides is 1. The number of piperidine rings is 1. The maximum absolute atomic E-state index is 13.8. The van der Waals surface area contributed by atoms with E-state index in [4.69, 9.17) is 4.74 Å². The molecule has 1 fully saturated rings. The zero-order valence-corrected chi connectivity index (χ0v) is 13.0. The molecule has 3 rings (SSSR count). The Labute approximate surface area is 134 Å². The van der Waals surface area contributed by atoms with Crippen molar-refractivity contribution >= 4 is 5.91 Å². The number of H-pyrrole nitrogens is 1. The first-order valence-corrected chi connectivity index (χ1v) is 7.74. The van der Waals surface area contributed by atoms with Crippen LogP contribution in [0.1, 0.15) is 22.5 Å². The van der Waals surface area contributed by atoms with E-state index in [1.54, 1.807) is 30.3 Å². The van der Waals surface area contributed by atoms with Gasteiger partial charge in [-0.3, -0.25) is 9.89 Å². The van der Waals surface area contributed by atoms with Gasteiger partial charge in [0.15, 0.2) is 0 Å². The molecule has 1 aliphatic rings. The molecule has 1 saturated heterocycles. The first-order chi connectivity index (χ1) is 11.2. The highest BCUT2D eigenvalue weighted by molar-refractivity contribution is 5.92. The van der Waals surface area contributed by atoms with Gasteiger partial charge in [-0.1, -0.05) is 18.2 Å². The average Bonchev–Trinajstić information content (AvgIpc) is 3.11. The van der Waals surface area contributed by atoms with Crippen molar-refractivity contribution in [3.05, 3.63) is 53.6 Å². The lowest BCUT2D eigenvalue weighted by Crippen LogP contribution is -2.48. The highest BCUT2D eigenvalue weighted by Crippen LogP contribution is 2.26. The summed E-state index contributed by atoms with van der Waals surface area (Å²) in [6.45, 7) is 1.14. The fourth-order valence-corrected chi connectivity index (χ4v) is 3.14. The molecule has 0 radical (unpaired) electrons. The zero-order chi connectivity index (χ0) is 16.2. The summed E-state index contributed by atoms with van der Waals surface area (Å²) in [6.07, 6.45) is 2.87. The SMILES string of the molecule is CO[C@@H]1CN(C(=O)c2ccn[nH]2)CC[C@@H]1Cc1ccccc1F. The number of carbonyl (C=O) groups excluding carboxylic acids is 1. The van der Waals surface area contributed by atoms with Crippen molar-refractivity contribution in [1.82, 2.24) is 15.1 Å². The van der Waals surface area contributed by atoms with E-state index in [-0.39, 0.29) is 23.7 Å². The fourth-order valence-electron chi connectivity index (χ4n) is 3.14. The molecule has 0 bridgehead atoms. The molecule has 23 heavy (non-hydrogen) atoms. The van der Waals surface area contributed by atoms with Crippen LogP contribution in [-0.2, 0) is 11.2 Å². The molecule has 5 nitrogen and oxygen atoms in total. The van der Waals surface area contributed by atoms with Crippen LogP contribution in [0.15, 0.2) is 36.5 Å². The zero-order valence-electron chi connectivity index (χ0n) is 13.0. The number of nitrogens with one attached hydrogen (secondary N) is 1. The Morgan fingerprint density at radius 1 is 1.43 bits per heavy atom. The Hall–Kier alpha value is -2.21. The van der Waals surface area contributed by atoms with E-state index in [2.05, 4.69) is 10.2 Å². The van der Waals surface area contributed by atoms with Gasteiger partial charge in [0.05, 0.1) is 6.10 Å². The minimum atomic E-state index is -0.182. The Morgan fingerprint density at radius 2 is 2.26 bits per heavy atom. The van der Waals surface area contributed by atoms with Crippen molar-refractivity contribution in [2.24, 2.45) is 5.92 Å². The quantitative estimate of drug-likeness (QED) is 0.941. The van der Waals surface area contributed by atoms with Gasteiger partial charge in [0.2, 0.25) is 0 Å². The summed E-state index contributed by atoms with van der Waals surface area (Å²) >= 11 is 0. The van der Waals surface area contributed by atoms with Crippen LogP contribution in [0.25, 0.3) is 0 Å². The molecule has 1 N–H and O–H groups in total. The third-order valence-electron chi connectivity index (χ3n) is 4.46. The summed E-state index contributed by atoms with van der Waals surface area (Å²) in [7, 11) is 1.64. The van der Waals surface area contributed by atoms with E-state index in [1.165, 1.54) is 6.07 Å². The Kier molecular flexibility index (Phi) is 4.71. The molecule has 1 aromatic carbocycles. The lowest BCUT2D eigenvalue weighted by Gasteiger charge is -2.37. The molecule has 1 aliphatic heterocycles. The normalized spacial score (nSPS) is 21.4. The van der Waals surface area contributed by atoms with E-state index >= 15 is 0 Å². The number of likely N-dealkylation sites (tertiary alicyclic amines) is 1. The molecule has 2 atom stereocenters. The topological polar surface area (TPSA) is 58.2 Å². The highest BCUT2D eigenvalue weighted by atomic mass is 19.1. The second-order valence-electron chi connectivity index (χ2n) is 5.84. The van der Waals surface area contributed by atoms with Gasteiger partial charge >= 0.3 is 0 Å². The molecule has 6 heteroatoms. The maximum atomic E-state index is 13.8. The van der Waals surface area contributed by atoms with Crippen molar-refractivity contribution in [3.63, 3.8) is 0 Å². The predicted octanol–water partition coefficient (Wildman–Crippen LogP) is 2.27. The number of methoxy groups -OCH3 is 1. The minimum Gasteiger partial charge on any atom is -0.379 e. The molecule has 122 valence electrons. The van der Waals surface area contributed by atoms with Crippen LogP contribution in [0, 0.1) is 11.7 Å². The third kappa shape index (κ3) is 3.42. The molecule has 1 aromatic heterocycles. The number of ether oxygens (including phenoxy) is 1. The number of carbonyl (C=O) groups is 1. The number of halogens is 1. The van der Waals surface area contributed by atoms with Crippen molar-refractivity contribution in [3.8, 4) is 0 Å². The number of rotatable bonds is 4. The van der Waals surface area contributed by atoms with E-state index in [0.717, 1.165) is 6.42 Å². The Bertz CT molecular complexity index is 660. The van der Waals surface area contributed by atoms with Crippen molar-refractivity contribution in [2.75, 3.05) is 20.2 Å². The minimum absolute atomic E-state index is 0.0751. The van der Waals surface area contributed by atoms with Crippen molar-refractivity contribution in [2.45, 2.75) is 18.9 Å². The monoisotopic (exact) mass is 317 g/mol. The second kappa shape index (κ2) is 6.91. The lowest BCUT2D eigenvalue weighted by atomic mass is 9.87. The van der Waals surface area contributed by atoms with Crippen LogP contribution in [0.3, 0.4) is 0 Å². The van der Waals surface area contributed by atoms with Crippen LogP contribution in [-0.4, -0.2) is 47.3 Å². The molecule has 0 aliphatic carbocycles. The van der Waals surface area contributed by atoms with E-state index < -0.39 is 0 Å². The summed E-state index contributed by atoms with van der Waals surface area (Å²) in [5, 5.41) is 6.51. The number of nitrogens with zero attached hydrogens (tertiary/aromatic N) is 2. The highest BCUT2D eigenvalue weighted by Gasteiger charge is 2.32. The van der Waals surface area contributed by atoms with Crippen LogP contribution in [0.5, 0.6) is 0 Å². The molecule has 0 unspecified atom stereocenters. The number of hydrogen-bond donors (Lipinski definition) is 1. The first kappa shape index (κ1) is 15.7. The van der Waals surface area contributed by atoms with Gasteiger partial charge in [0.1, 0.15) is 11.5 Å². The van der Waals surface area contributed by atoms with Crippen LogP contribution in [0.2, 0.25) is 0 Å². The second-order valence-corrected chi connectivity index (χ2v) is 5.84. The maximum Gasteiger partial charge on any atom is 0.271 e. The summed E-state index contributed by atoms with van der Waals surface area (Å²) < 4.78 is 19.4. The third-order valence-corrected chi connectivity index (χ3v) is 4.46. The Morgan fingerprint density at radius 3 is 2.96 bits per heavy atom. The number of aromatic nitrogens is 2. The Balaban J connectivity index is 1.67. The molecular formula is C17H20FN3O2. The van der Waals surface area contributed by atoms with Gasteiger partial charge in [-0.05, 0) is 36.5 Å². The lowest BCUT2D eigenvalue weighted by molar-refractivity contribution is -0.00736. The molecule has 1 amide bonds. The average molecular weight is 317 g/mol. The smallest absolute Gasteiger partial charge is 0.271 e. The van der Waals surface area contributed by atoms with E-state index in [0.29, 0.717) is 30.8 Å². The fraction of sp³-hybridized carbons (Fsp3) is 0.412. The van der Waals surface area contributed by atoms with Crippen molar-refractivity contribution in [1.29, 1.82) is 0 Å². The first-order valence-electron chi connectivity index (χ1n) is 7.74. The number of hydrogen-bond acceptors (Lipinski definition) is 3. The molecule has 2 heterocycles. The molecular weight excluding hydrogens is 297 g/mol. The summed E-state index contributed by atoms with van der Waals surface area (Å²) in [6, 6.07) is 8.49. The molecule has 2 aromatic rings. The van der Waals surface area contributed by atoms with Gasteiger partial charge in [0.25, 0.3) is 5.91 Å². The van der Waals surface area contributed by atoms with Gasteiger partial charge in [-0.2, -0.15) is 5.10 Å². The van der Waals surface area contributed by atoms with Crippen LogP contribution in [0.4, 0.5) is 4.39 Å². The molecule has 0 saturated carbocycles. The number of aromatic amines is 1. The summed E-state index contributed by atoms with van der Waals surface area (Å²) in [5.74, 6) is -0.0603. The standard InChI is InChI=1S/C17H20FN3O2/c1-23-16-11-21(17(22)15-6-8-19-20-15)9-7-13(16)10-12-4-2-3-5-14(12)18/h2-6,8,13,16H,7,9-11H2,1H3,(H,19,20)/t13-,16-/m1/s1. The van der Waals surface area contributed by atoms with Gasteiger partial charge < -0.3 is 9.64 Å². The van der Waals surface area contributed by atoms with Gasteiger partial charge in [-0.25, -0.2) is 4.39 Å². The van der Waals surface area contributed by atoms with E-state index in [1.807, 2.05) is 12.1 Å². The largest absolute Gasteiger partial charge is 0.379 e. The number of benzene rings is 1. The van der Waals surface area contributed by atoms with Gasteiger partial charge in [0, 0.05) is 26.4 Å². The van der Waals surface area contributed by atoms with Crippen molar-refractivity contribution < 1.29 is 13.9 Å². The van der Waals surface area contributed by atoms with Gasteiger partial charge in [-0.15, -0.1) is 0 Å². The molecule has 0 spiro atoms. The predicted molar refractivity (Wildman–Crippen MR) is 83.5 cm³/mol. The van der Waals surface area contributed by atoms with Crippen LogP contribution < -0.4 is 0 Å². The summed E-state index contributed by atoms with van der Waals surface area (Å²) in [5.41, 5.74) is 1.18.